The molecule has 0 radical (unpaired) electrons. The van der Waals surface area contributed by atoms with Gasteiger partial charge >= 0.3 is 0 Å². The monoisotopic (exact) mass is 316 g/mol. The molecule has 0 unspecified atom stereocenters. The summed E-state index contributed by atoms with van der Waals surface area (Å²) in [4.78, 5) is 25.2. The van der Waals surface area contributed by atoms with Crippen LogP contribution in [0.1, 0.15) is 11.4 Å². The van der Waals surface area contributed by atoms with Crippen LogP contribution in [0, 0.1) is 0 Å². The van der Waals surface area contributed by atoms with Gasteiger partial charge in [0, 0.05) is 62.4 Å². The standard InChI is InChI=1S/C16H20N4OS/c1-19-7-9-20(10-8-19)16(21)5-4-15-18-14(12-22-15)13-3-2-6-17-11-13/h2-3,6,11-12H,4-5,7-10H2,1H3. The molecule has 0 bridgehead atoms. The maximum absolute atomic E-state index is 12.2. The van der Waals surface area contributed by atoms with Crippen LogP contribution in [0.5, 0.6) is 0 Å². The van der Waals surface area contributed by atoms with E-state index in [1.54, 1.807) is 17.5 Å². The molecule has 5 nitrogen and oxygen atoms in total. The van der Waals surface area contributed by atoms with Crippen LogP contribution < -0.4 is 0 Å². The molecule has 1 amide bonds. The van der Waals surface area contributed by atoms with Crippen molar-refractivity contribution >= 4 is 17.2 Å². The van der Waals surface area contributed by atoms with E-state index in [4.69, 9.17) is 0 Å². The van der Waals surface area contributed by atoms with Crippen molar-refractivity contribution in [2.45, 2.75) is 12.8 Å². The lowest BCUT2D eigenvalue weighted by molar-refractivity contribution is -0.132. The molecule has 0 saturated carbocycles. The molecule has 116 valence electrons. The Balaban J connectivity index is 1.54. The van der Waals surface area contributed by atoms with Gasteiger partial charge < -0.3 is 9.80 Å². The Kier molecular flexibility index (Phi) is 4.80. The van der Waals surface area contributed by atoms with Gasteiger partial charge in [-0.05, 0) is 19.2 Å². The fraction of sp³-hybridized carbons (Fsp3) is 0.438. The fourth-order valence-electron chi connectivity index (χ4n) is 2.50. The van der Waals surface area contributed by atoms with Gasteiger partial charge in [0.05, 0.1) is 10.7 Å². The molecule has 1 aliphatic heterocycles. The Labute approximate surface area is 134 Å². The Morgan fingerprint density at radius 3 is 2.86 bits per heavy atom. The van der Waals surface area contributed by atoms with Crippen molar-refractivity contribution in [1.29, 1.82) is 0 Å². The quantitative estimate of drug-likeness (QED) is 0.864. The highest BCUT2D eigenvalue weighted by Gasteiger charge is 2.19. The molecule has 0 aliphatic carbocycles. The van der Waals surface area contributed by atoms with Crippen LogP contribution in [0.15, 0.2) is 29.9 Å². The summed E-state index contributed by atoms with van der Waals surface area (Å²) in [6.07, 6.45) is 4.83. The first kappa shape index (κ1) is 15.1. The number of nitrogens with zero attached hydrogens (tertiary/aromatic N) is 4. The number of rotatable bonds is 4. The minimum Gasteiger partial charge on any atom is -0.340 e. The molecule has 3 heterocycles. The van der Waals surface area contributed by atoms with Gasteiger partial charge in [0.25, 0.3) is 0 Å². The van der Waals surface area contributed by atoms with Gasteiger partial charge in [-0.15, -0.1) is 11.3 Å². The molecule has 2 aromatic heterocycles. The number of aromatic nitrogens is 2. The van der Waals surface area contributed by atoms with E-state index in [1.807, 2.05) is 28.6 Å². The Morgan fingerprint density at radius 1 is 1.32 bits per heavy atom. The molecule has 1 aliphatic rings. The number of thiazole rings is 1. The maximum atomic E-state index is 12.2. The summed E-state index contributed by atoms with van der Waals surface area (Å²) in [6.45, 7) is 3.62. The van der Waals surface area contributed by atoms with E-state index < -0.39 is 0 Å². The van der Waals surface area contributed by atoms with Gasteiger partial charge in [0.15, 0.2) is 0 Å². The first-order valence-electron chi connectivity index (χ1n) is 7.53. The van der Waals surface area contributed by atoms with Crippen LogP contribution in [0.4, 0.5) is 0 Å². The van der Waals surface area contributed by atoms with Crippen LogP contribution in [-0.2, 0) is 11.2 Å². The Hall–Kier alpha value is -1.79. The number of carbonyl (C=O) groups is 1. The lowest BCUT2D eigenvalue weighted by Gasteiger charge is -2.32. The summed E-state index contributed by atoms with van der Waals surface area (Å²) < 4.78 is 0. The van der Waals surface area contributed by atoms with E-state index in [1.165, 1.54) is 0 Å². The van der Waals surface area contributed by atoms with Crippen LogP contribution >= 0.6 is 11.3 Å². The zero-order valence-electron chi connectivity index (χ0n) is 12.7. The number of hydrogen-bond donors (Lipinski definition) is 0. The van der Waals surface area contributed by atoms with E-state index in [2.05, 4.69) is 21.9 Å². The number of pyridine rings is 1. The van der Waals surface area contributed by atoms with Crippen LogP contribution in [0.3, 0.4) is 0 Å². The molecule has 6 heteroatoms. The minimum atomic E-state index is 0.242. The number of carbonyl (C=O) groups excluding carboxylic acids is 1. The number of hydrogen-bond acceptors (Lipinski definition) is 5. The topological polar surface area (TPSA) is 49.3 Å². The highest BCUT2D eigenvalue weighted by molar-refractivity contribution is 7.09. The third-order valence-corrected chi connectivity index (χ3v) is 4.83. The average molecular weight is 316 g/mol. The van der Waals surface area contributed by atoms with E-state index in [0.717, 1.165) is 48.9 Å². The molecular weight excluding hydrogens is 296 g/mol. The molecule has 2 aromatic rings. The largest absolute Gasteiger partial charge is 0.340 e. The molecule has 0 aromatic carbocycles. The minimum absolute atomic E-state index is 0.242. The molecule has 22 heavy (non-hydrogen) atoms. The highest BCUT2D eigenvalue weighted by Crippen LogP contribution is 2.21. The first-order valence-corrected chi connectivity index (χ1v) is 8.41. The summed E-state index contributed by atoms with van der Waals surface area (Å²) in [5.74, 6) is 0.242. The zero-order chi connectivity index (χ0) is 15.4. The highest BCUT2D eigenvalue weighted by atomic mass is 32.1. The summed E-state index contributed by atoms with van der Waals surface area (Å²) in [7, 11) is 2.09. The third kappa shape index (κ3) is 3.69. The van der Waals surface area contributed by atoms with Crippen molar-refractivity contribution in [1.82, 2.24) is 19.8 Å². The summed E-state index contributed by atoms with van der Waals surface area (Å²) in [6, 6.07) is 3.91. The fourth-order valence-corrected chi connectivity index (χ4v) is 3.31. The second-order valence-electron chi connectivity index (χ2n) is 5.55. The van der Waals surface area contributed by atoms with Crippen molar-refractivity contribution in [3.05, 3.63) is 34.9 Å². The van der Waals surface area contributed by atoms with Crippen LogP contribution in [0.2, 0.25) is 0 Å². The van der Waals surface area contributed by atoms with Crippen molar-refractivity contribution in [2.75, 3.05) is 33.2 Å². The lowest BCUT2D eigenvalue weighted by atomic mass is 10.2. The molecule has 3 rings (SSSR count). The first-order chi connectivity index (χ1) is 10.7. The third-order valence-electron chi connectivity index (χ3n) is 3.92. The molecule has 0 N–H and O–H groups in total. The van der Waals surface area contributed by atoms with Crippen molar-refractivity contribution in [2.24, 2.45) is 0 Å². The lowest BCUT2D eigenvalue weighted by Crippen LogP contribution is -2.47. The number of piperazine rings is 1. The normalized spacial score (nSPS) is 16.0. The van der Waals surface area contributed by atoms with Crippen molar-refractivity contribution < 1.29 is 4.79 Å². The van der Waals surface area contributed by atoms with E-state index in [-0.39, 0.29) is 5.91 Å². The van der Waals surface area contributed by atoms with E-state index in [0.29, 0.717) is 6.42 Å². The number of amides is 1. The van der Waals surface area contributed by atoms with Gasteiger partial charge in [-0.25, -0.2) is 4.98 Å². The molecule has 0 atom stereocenters. The van der Waals surface area contributed by atoms with Crippen molar-refractivity contribution in [3.63, 3.8) is 0 Å². The SMILES string of the molecule is CN1CCN(C(=O)CCc2nc(-c3cccnc3)cs2)CC1. The van der Waals surface area contributed by atoms with Gasteiger partial charge in [-0.2, -0.15) is 0 Å². The van der Waals surface area contributed by atoms with Gasteiger partial charge in [0.1, 0.15) is 0 Å². The van der Waals surface area contributed by atoms with Gasteiger partial charge in [-0.3, -0.25) is 9.78 Å². The van der Waals surface area contributed by atoms with Crippen LogP contribution in [-0.4, -0.2) is 58.9 Å². The predicted octanol–water partition coefficient (Wildman–Crippen LogP) is 1.91. The summed E-state index contributed by atoms with van der Waals surface area (Å²) in [5.41, 5.74) is 1.97. The molecule has 1 saturated heterocycles. The Bertz CT molecular complexity index is 620. The second kappa shape index (κ2) is 6.98. The van der Waals surface area contributed by atoms with E-state index in [9.17, 15) is 4.79 Å². The summed E-state index contributed by atoms with van der Waals surface area (Å²) in [5, 5.41) is 3.05. The van der Waals surface area contributed by atoms with Crippen LogP contribution in [0.25, 0.3) is 11.3 Å². The Morgan fingerprint density at radius 2 is 2.14 bits per heavy atom. The van der Waals surface area contributed by atoms with Gasteiger partial charge in [-0.1, -0.05) is 0 Å². The smallest absolute Gasteiger partial charge is 0.223 e. The molecule has 1 fully saturated rings. The van der Waals surface area contributed by atoms with Crippen molar-refractivity contribution in [3.8, 4) is 11.3 Å². The predicted molar refractivity (Wildman–Crippen MR) is 87.7 cm³/mol. The second-order valence-corrected chi connectivity index (χ2v) is 6.49. The number of likely N-dealkylation sites (N-methyl/N-ethyl adjacent to an activating group) is 1. The zero-order valence-corrected chi connectivity index (χ0v) is 13.6. The average Bonchev–Trinajstić information content (AvgIpc) is 3.03. The summed E-state index contributed by atoms with van der Waals surface area (Å²) >= 11 is 1.62. The van der Waals surface area contributed by atoms with Gasteiger partial charge in [0.2, 0.25) is 5.91 Å². The maximum Gasteiger partial charge on any atom is 0.223 e. The van der Waals surface area contributed by atoms with E-state index >= 15 is 0 Å². The molecule has 0 spiro atoms. The molecular formula is C16H20N4OS. The number of aryl methyl sites for hydroxylation is 1.